The molecule has 1 fully saturated rings. The van der Waals surface area contributed by atoms with Gasteiger partial charge in [-0.05, 0) is 24.0 Å². The number of aryl methyl sites for hydroxylation is 1. The maximum atomic E-state index is 14.0. The number of nitrogens with zero attached hydrogens (tertiary/aromatic N) is 3. The van der Waals surface area contributed by atoms with Gasteiger partial charge in [-0.3, -0.25) is 4.79 Å². The van der Waals surface area contributed by atoms with E-state index in [1.165, 1.54) is 6.07 Å². The molecule has 0 unspecified atom stereocenters. The predicted molar refractivity (Wildman–Crippen MR) is 86.5 cm³/mol. The number of aromatic nitrogens is 2. The number of amides is 1. The molecule has 1 aliphatic heterocycles. The van der Waals surface area contributed by atoms with Crippen LogP contribution in [0.2, 0.25) is 0 Å². The molecular weight excluding hydrogens is 321 g/mol. The second kappa shape index (κ2) is 6.75. The number of hydrogen-bond acceptors (Lipinski definition) is 5. The summed E-state index contributed by atoms with van der Waals surface area (Å²) in [6, 6.07) is 6.65. The topological polar surface area (TPSA) is 46.1 Å². The highest BCUT2D eigenvalue weighted by molar-refractivity contribution is 7.99. The monoisotopic (exact) mass is 337 g/mol. The summed E-state index contributed by atoms with van der Waals surface area (Å²) in [6.07, 6.45) is 1.65. The molecule has 0 N–H and O–H groups in total. The third-order valence-electron chi connectivity index (χ3n) is 3.56. The number of thioether (sulfide) groups is 1. The summed E-state index contributed by atoms with van der Waals surface area (Å²) in [7, 11) is 0. The summed E-state index contributed by atoms with van der Waals surface area (Å²) >= 11 is 2.72. The average Bonchev–Trinajstić information content (AvgIpc) is 3.16. The molecule has 1 aromatic heterocycles. The van der Waals surface area contributed by atoms with Gasteiger partial charge in [-0.15, -0.1) is 16.9 Å². The first kappa shape index (κ1) is 15.4. The Morgan fingerprint density at radius 2 is 2.27 bits per heavy atom. The van der Waals surface area contributed by atoms with E-state index in [0.717, 1.165) is 35.8 Å². The van der Waals surface area contributed by atoms with E-state index in [1.807, 2.05) is 6.92 Å². The van der Waals surface area contributed by atoms with Crippen LogP contribution in [0.1, 0.15) is 39.6 Å². The lowest BCUT2D eigenvalue weighted by Crippen LogP contribution is -2.30. The fourth-order valence-corrected chi connectivity index (χ4v) is 4.45. The van der Waals surface area contributed by atoms with Gasteiger partial charge in [0.25, 0.3) is 5.91 Å². The normalized spacial score (nSPS) is 17.9. The van der Waals surface area contributed by atoms with E-state index in [4.69, 9.17) is 0 Å². The summed E-state index contributed by atoms with van der Waals surface area (Å²) < 4.78 is 18.0. The van der Waals surface area contributed by atoms with E-state index in [-0.39, 0.29) is 17.1 Å². The van der Waals surface area contributed by atoms with E-state index >= 15 is 0 Å². The highest BCUT2D eigenvalue weighted by atomic mass is 32.2. The minimum absolute atomic E-state index is 0.0864. The van der Waals surface area contributed by atoms with Crippen molar-refractivity contribution in [2.45, 2.75) is 25.1 Å². The van der Waals surface area contributed by atoms with Gasteiger partial charge in [0.15, 0.2) is 0 Å². The molecule has 1 amide bonds. The highest BCUT2D eigenvalue weighted by Gasteiger charge is 2.34. The molecule has 0 radical (unpaired) electrons. The van der Waals surface area contributed by atoms with Gasteiger partial charge in [-0.1, -0.05) is 36.0 Å². The van der Waals surface area contributed by atoms with Crippen molar-refractivity contribution in [3.05, 3.63) is 46.2 Å². The number of hydrogen-bond donors (Lipinski definition) is 0. The minimum atomic E-state index is -0.273. The molecule has 0 bridgehead atoms. The fourth-order valence-electron chi connectivity index (χ4n) is 2.51. The second-order valence-corrected chi connectivity index (χ2v) is 6.98. The number of carbonyl (C=O) groups excluding carboxylic acids is 1. The molecule has 1 atom stereocenters. The minimum Gasteiger partial charge on any atom is -0.321 e. The molecule has 7 heteroatoms. The van der Waals surface area contributed by atoms with Crippen molar-refractivity contribution in [2.75, 3.05) is 12.3 Å². The molecule has 0 aliphatic carbocycles. The van der Waals surface area contributed by atoms with Crippen molar-refractivity contribution in [1.29, 1.82) is 0 Å². The van der Waals surface area contributed by atoms with Crippen molar-refractivity contribution >= 4 is 29.2 Å². The van der Waals surface area contributed by atoms with Gasteiger partial charge in [0.05, 0.1) is 5.69 Å². The molecule has 2 aromatic rings. The lowest BCUT2D eigenvalue weighted by molar-refractivity contribution is 0.0762. The molecule has 4 nitrogen and oxygen atoms in total. The van der Waals surface area contributed by atoms with Crippen LogP contribution in [0.25, 0.3) is 0 Å². The first-order valence-electron chi connectivity index (χ1n) is 7.20. The SMILES string of the molecule is CCCc1nnsc1C(=O)N1CCS[C@H]1c1ccccc1F. The van der Waals surface area contributed by atoms with Gasteiger partial charge in [0, 0.05) is 17.9 Å². The Labute approximate surface area is 136 Å². The van der Waals surface area contributed by atoms with Gasteiger partial charge < -0.3 is 4.90 Å². The Kier molecular flexibility index (Phi) is 4.73. The van der Waals surface area contributed by atoms with Gasteiger partial charge >= 0.3 is 0 Å². The molecule has 1 aliphatic rings. The van der Waals surface area contributed by atoms with Crippen LogP contribution >= 0.6 is 23.3 Å². The van der Waals surface area contributed by atoms with Crippen molar-refractivity contribution in [2.24, 2.45) is 0 Å². The number of rotatable bonds is 4. The molecule has 2 heterocycles. The van der Waals surface area contributed by atoms with Crippen molar-refractivity contribution < 1.29 is 9.18 Å². The Morgan fingerprint density at radius 1 is 1.45 bits per heavy atom. The zero-order chi connectivity index (χ0) is 15.5. The van der Waals surface area contributed by atoms with E-state index in [0.29, 0.717) is 17.0 Å². The van der Waals surface area contributed by atoms with Crippen molar-refractivity contribution in [3.63, 3.8) is 0 Å². The van der Waals surface area contributed by atoms with Crippen LogP contribution in [0.4, 0.5) is 4.39 Å². The number of carbonyl (C=O) groups is 1. The van der Waals surface area contributed by atoms with Crippen LogP contribution in [-0.4, -0.2) is 32.7 Å². The van der Waals surface area contributed by atoms with Crippen LogP contribution in [0.15, 0.2) is 24.3 Å². The first-order chi connectivity index (χ1) is 10.7. The molecule has 3 rings (SSSR count). The Balaban J connectivity index is 1.88. The van der Waals surface area contributed by atoms with Crippen molar-refractivity contribution in [3.8, 4) is 0 Å². The third kappa shape index (κ3) is 2.87. The largest absolute Gasteiger partial charge is 0.321 e. The summed E-state index contributed by atoms with van der Waals surface area (Å²) in [6.45, 7) is 2.66. The lowest BCUT2D eigenvalue weighted by Gasteiger charge is -2.24. The van der Waals surface area contributed by atoms with Crippen LogP contribution in [0.5, 0.6) is 0 Å². The lowest BCUT2D eigenvalue weighted by atomic mass is 10.1. The average molecular weight is 337 g/mol. The summed E-state index contributed by atoms with van der Waals surface area (Å²) in [4.78, 5) is 15.1. The van der Waals surface area contributed by atoms with Gasteiger partial charge in [-0.2, -0.15) is 0 Å². The van der Waals surface area contributed by atoms with E-state index in [2.05, 4.69) is 9.59 Å². The third-order valence-corrected chi connectivity index (χ3v) is 5.56. The zero-order valence-corrected chi connectivity index (χ0v) is 13.8. The van der Waals surface area contributed by atoms with E-state index < -0.39 is 0 Å². The van der Waals surface area contributed by atoms with E-state index in [9.17, 15) is 9.18 Å². The van der Waals surface area contributed by atoms with Crippen LogP contribution in [-0.2, 0) is 6.42 Å². The molecule has 0 saturated carbocycles. The van der Waals surface area contributed by atoms with Crippen LogP contribution in [0, 0.1) is 5.82 Å². The summed E-state index contributed by atoms with van der Waals surface area (Å²) in [5.41, 5.74) is 1.31. The van der Waals surface area contributed by atoms with Crippen LogP contribution in [0.3, 0.4) is 0 Å². The molecule has 1 aromatic carbocycles. The zero-order valence-electron chi connectivity index (χ0n) is 12.2. The standard InChI is InChI=1S/C15H16FN3OS2/c1-2-5-12-13(22-18-17-12)14(20)19-8-9-21-15(19)10-6-3-4-7-11(10)16/h3-4,6-7,15H,2,5,8-9H2,1H3/t15-/m0/s1. The van der Waals surface area contributed by atoms with E-state index in [1.54, 1.807) is 34.9 Å². The molecule has 22 heavy (non-hydrogen) atoms. The Morgan fingerprint density at radius 3 is 3.05 bits per heavy atom. The van der Waals surface area contributed by atoms with Gasteiger partial charge in [0.1, 0.15) is 16.1 Å². The predicted octanol–water partition coefficient (Wildman–Crippen LogP) is 3.52. The number of benzene rings is 1. The smallest absolute Gasteiger partial charge is 0.268 e. The van der Waals surface area contributed by atoms with Gasteiger partial charge in [0.2, 0.25) is 0 Å². The Bertz CT molecular complexity index is 676. The van der Waals surface area contributed by atoms with Crippen LogP contribution < -0.4 is 0 Å². The number of halogens is 1. The summed E-state index contributed by atoms with van der Waals surface area (Å²) in [5, 5.41) is 3.78. The van der Waals surface area contributed by atoms with Crippen molar-refractivity contribution in [1.82, 2.24) is 14.5 Å². The van der Waals surface area contributed by atoms with Gasteiger partial charge in [-0.25, -0.2) is 4.39 Å². The highest BCUT2D eigenvalue weighted by Crippen LogP contribution is 2.40. The summed E-state index contributed by atoms with van der Waals surface area (Å²) in [5.74, 6) is 0.452. The first-order valence-corrected chi connectivity index (χ1v) is 9.02. The fraction of sp³-hybridized carbons (Fsp3) is 0.400. The maximum absolute atomic E-state index is 14.0. The molecule has 0 spiro atoms. The quantitative estimate of drug-likeness (QED) is 0.856. The second-order valence-electron chi connectivity index (χ2n) is 5.04. The molecule has 1 saturated heterocycles. The molecule has 116 valence electrons. The Hall–Kier alpha value is -1.47. The molecular formula is C15H16FN3OS2. The maximum Gasteiger partial charge on any atom is 0.268 e.